The number of hydrogen-bond donors (Lipinski definition) is 2. The smallest absolute Gasteiger partial charge is 0.224 e. The Morgan fingerprint density at radius 1 is 1.50 bits per heavy atom. The van der Waals surface area contributed by atoms with Crippen LogP contribution < -0.4 is 11.1 Å². The van der Waals surface area contributed by atoms with Crippen molar-refractivity contribution >= 4 is 5.91 Å². The van der Waals surface area contributed by atoms with Gasteiger partial charge in [-0.15, -0.1) is 0 Å². The summed E-state index contributed by atoms with van der Waals surface area (Å²) in [6.45, 7) is 6.17. The van der Waals surface area contributed by atoms with Crippen LogP contribution in [0.25, 0.3) is 0 Å². The summed E-state index contributed by atoms with van der Waals surface area (Å²) in [6.07, 6.45) is 6.29. The Morgan fingerprint density at radius 2 is 2.28 bits per heavy atom. The van der Waals surface area contributed by atoms with Gasteiger partial charge in [0.15, 0.2) is 0 Å². The Morgan fingerprint density at radius 3 is 2.89 bits per heavy atom. The molecule has 0 spiro atoms. The van der Waals surface area contributed by atoms with E-state index in [2.05, 4.69) is 21.8 Å². The minimum Gasteiger partial charge on any atom is -0.356 e. The fourth-order valence-electron chi connectivity index (χ4n) is 1.89. The fourth-order valence-corrected chi connectivity index (χ4v) is 1.89. The Bertz CT molecular complexity index is 362. The van der Waals surface area contributed by atoms with Gasteiger partial charge >= 0.3 is 0 Å². The molecule has 18 heavy (non-hydrogen) atoms. The molecule has 0 aliphatic carbocycles. The molecule has 1 aromatic heterocycles. The third-order valence-electron chi connectivity index (χ3n) is 2.92. The Labute approximate surface area is 109 Å². The molecule has 1 rings (SSSR count). The van der Waals surface area contributed by atoms with Crippen molar-refractivity contribution in [2.45, 2.75) is 39.7 Å². The van der Waals surface area contributed by atoms with E-state index in [-0.39, 0.29) is 11.8 Å². The predicted octanol–water partition coefficient (Wildman–Crippen LogP) is 0.937. The highest BCUT2D eigenvalue weighted by molar-refractivity contribution is 5.79. The molecule has 3 N–H and O–H groups in total. The predicted molar refractivity (Wildman–Crippen MR) is 72.1 cm³/mol. The van der Waals surface area contributed by atoms with Gasteiger partial charge in [0.05, 0.1) is 12.2 Å². The molecule has 0 aliphatic rings. The number of carbonyl (C=O) groups is 1. The normalized spacial score (nSPS) is 12.4. The quantitative estimate of drug-likeness (QED) is 0.723. The summed E-state index contributed by atoms with van der Waals surface area (Å²) in [5.41, 5.74) is 6.78. The molecule has 102 valence electrons. The highest BCUT2D eigenvalue weighted by atomic mass is 16.1. The van der Waals surface area contributed by atoms with E-state index >= 15 is 0 Å². The third-order valence-corrected chi connectivity index (χ3v) is 2.92. The summed E-state index contributed by atoms with van der Waals surface area (Å²) >= 11 is 0. The number of aromatic nitrogens is 2. The Kier molecular flexibility index (Phi) is 6.43. The van der Waals surface area contributed by atoms with Gasteiger partial charge in [-0.25, -0.2) is 4.98 Å². The molecule has 1 unspecified atom stereocenters. The zero-order valence-corrected chi connectivity index (χ0v) is 11.4. The molecule has 0 aromatic carbocycles. The lowest BCUT2D eigenvalue weighted by Gasteiger charge is -2.15. The molecule has 0 saturated heterocycles. The van der Waals surface area contributed by atoms with E-state index in [4.69, 9.17) is 5.73 Å². The average Bonchev–Trinajstić information content (AvgIpc) is 2.81. The number of rotatable bonds is 8. The van der Waals surface area contributed by atoms with Crippen molar-refractivity contribution in [2.24, 2.45) is 11.7 Å². The van der Waals surface area contributed by atoms with Gasteiger partial charge in [-0.2, -0.15) is 0 Å². The van der Waals surface area contributed by atoms with E-state index in [1.807, 2.05) is 19.4 Å². The second-order valence-electron chi connectivity index (χ2n) is 4.51. The molecule has 0 bridgehead atoms. The monoisotopic (exact) mass is 252 g/mol. The van der Waals surface area contributed by atoms with Crippen molar-refractivity contribution in [3.8, 4) is 0 Å². The summed E-state index contributed by atoms with van der Waals surface area (Å²) in [6, 6.07) is 0. The van der Waals surface area contributed by atoms with Crippen LogP contribution in [0, 0.1) is 5.92 Å². The molecule has 1 aromatic rings. The number of amides is 1. The highest BCUT2D eigenvalue weighted by Crippen LogP contribution is 2.09. The van der Waals surface area contributed by atoms with E-state index in [1.165, 1.54) is 0 Å². The first kappa shape index (κ1) is 14.7. The lowest BCUT2D eigenvalue weighted by atomic mass is 10.0. The van der Waals surface area contributed by atoms with Crippen molar-refractivity contribution in [3.63, 3.8) is 0 Å². The van der Waals surface area contributed by atoms with Crippen molar-refractivity contribution < 1.29 is 4.79 Å². The number of carbonyl (C=O) groups excluding carboxylic acids is 1. The van der Waals surface area contributed by atoms with Gasteiger partial charge in [-0.1, -0.05) is 13.8 Å². The van der Waals surface area contributed by atoms with E-state index < -0.39 is 0 Å². The zero-order valence-electron chi connectivity index (χ0n) is 11.4. The molecule has 1 heterocycles. The maximum atomic E-state index is 11.9. The summed E-state index contributed by atoms with van der Waals surface area (Å²) in [5.74, 6) is -0.118. The van der Waals surface area contributed by atoms with Crippen molar-refractivity contribution in [3.05, 3.63) is 18.2 Å². The maximum Gasteiger partial charge on any atom is 0.224 e. The lowest BCUT2D eigenvalue weighted by Crippen LogP contribution is -2.37. The second kappa shape index (κ2) is 7.87. The number of nitrogens with zero attached hydrogens (tertiary/aromatic N) is 2. The van der Waals surface area contributed by atoms with Crippen molar-refractivity contribution in [2.75, 3.05) is 13.1 Å². The number of nitrogens with one attached hydrogen (secondary N) is 1. The molecular formula is C13H24N4O. The first-order valence-corrected chi connectivity index (χ1v) is 6.69. The topological polar surface area (TPSA) is 72.9 Å². The van der Waals surface area contributed by atoms with E-state index in [0.29, 0.717) is 19.5 Å². The summed E-state index contributed by atoms with van der Waals surface area (Å²) in [7, 11) is 0. The van der Waals surface area contributed by atoms with Crippen LogP contribution in [0.3, 0.4) is 0 Å². The van der Waals surface area contributed by atoms with Crippen LogP contribution >= 0.6 is 0 Å². The number of aryl methyl sites for hydroxylation is 1. The van der Waals surface area contributed by atoms with Crippen molar-refractivity contribution in [1.29, 1.82) is 0 Å². The van der Waals surface area contributed by atoms with Gasteiger partial charge in [0.25, 0.3) is 0 Å². The molecule has 5 nitrogen and oxygen atoms in total. The van der Waals surface area contributed by atoms with E-state index in [9.17, 15) is 4.79 Å². The third kappa shape index (κ3) is 4.14. The van der Waals surface area contributed by atoms with Crippen LogP contribution in [0.2, 0.25) is 0 Å². The molecule has 0 fully saturated rings. The van der Waals surface area contributed by atoms with Crippen molar-refractivity contribution in [1.82, 2.24) is 14.9 Å². The molecule has 1 atom stereocenters. The zero-order chi connectivity index (χ0) is 13.4. The first-order valence-electron chi connectivity index (χ1n) is 6.69. The number of nitrogens with two attached hydrogens (primary N) is 1. The maximum absolute atomic E-state index is 11.9. The number of hydrogen-bond acceptors (Lipinski definition) is 3. The lowest BCUT2D eigenvalue weighted by molar-refractivity contribution is -0.124. The van der Waals surface area contributed by atoms with Crippen LogP contribution in [0.4, 0.5) is 0 Å². The molecule has 1 amide bonds. The standard InChI is InChI=1S/C13H24N4O/c1-3-5-16-13(18)11(8-14)7-12-9-15-10-17(12)6-4-2/h9-11H,3-8,14H2,1-2H3,(H,16,18). The largest absolute Gasteiger partial charge is 0.356 e. The molecule has 0 radical (unpaired) electrons. The molecule has 0 saturated carbocycles. The highest BCUT2D eigenvalue weighted by Gasteiger charge is 2.18. The fraction of sp³-hybridized carbons (Fsp3) is 0.692. The summed E-state index contributed by atoms with van der Waals surface area (Å²) in [5, 5.41) is 2.90. The van der Waals surface area contributed by atoms with Crippen LogP contribution in [0.5, 0.6) is 0 Å². The van der Waals surface area contributed by atoms with E-state index in [0.717, 1.165) is 25.1 Å². The summed E-state index contributed by atoms with van der Waals surface area (Å²) in [4.78, 5) is 16.0. The minimum atomic E-state index is -0.163. The second-order valence-corrected chi connectivity index (χ2v) is 4.51. The van der Waals surface area contributed by atoms with Gasteiger partial charge < -0.3 is 15.6 Å². The summed E-state index contributed by atoms with van der Waals surface area (Å²) < 4.78 is 2.09. The van der Waals surface area contributed by atoms with E-state index in [1.54, 1.807) is 0 Å². The van der Waals surface area contributed by atoms with Gasteiger partial charge in [0.1, 0.15) is 0 Å². The number of imidazole rings is 1. The van der Waals surface area contributed by atoms with Gasteiger partial charge in [-0.3, -0.25) is 4.79 Å². The van der Waals surface area contributed by atoms with Gasteiger partial charge in [-0.05, 0) is 12.8 Å². The van der Waals surface area contributed by atoms with Crippen LogP contribution in [-0.2, 0) is 17.8 Å². The van der Waals surface area contributed by atoms with Crippen LogP contribution in [0.1, 0.15) is 32.4 Å². The molecule has 0 aliphatic heterocycles. The SMILES string of the molecule is CCCNC(=O)C(CN)Cc1cncn1CCC. The average molecular weight is 252 g/mol. The Balaban J connectivity index is 2.61. The molecular weight excluding hydrogens is 228 g/mol. The van der Waals surface area contributed by atoms with Gasteiger partial charge in [0, 0.05) is 37.9 Å². The first-order chi connectivity index (χ1) is 8.72. The minimum absolute atomic E-state index is 0.0450. The molecule has 5 heteroatoms. The van der Waals surface area contributed by atoms with Crippen LogP contribution in [0.15, 0.2) is 12.5 Å². The van der Waals surface area contributed by atoms with Crippen LogP contribution in [-0.4, -0.2) is 28.5 Å². The van der Waals surface area contributed by atoms with Gasteiger partial charge in [0.2, 0.25) is 5.91 Å². The Hall–Kier alpha value is -1.36.